The Morgan fingerprint density at radius 2 is 2.04 bits per heavy atom. The lowest BCUT2D eigenvalue weighted by atomic mass is 10.1. The van der Waals surface area contributed by atoms with Crippen molar-refractivity contribution in [2.75, 3.05) is 20.3 Å². The third kappa shape index (κ3) is 4.26. The van der Waals surface area contributed by atoms with Gasteiger partial charge in [-0.3, -0.25) is 4.79 Å². The van der Waals surface area contributed by atoms with Crippen LogP contribution in [0.5, 0.6) is 11.5 Å². The van der Waals surface area contributed by atoms with Crippen molar-refractivity contribution in [1.82, 2.24) is 5.32 Å². The van der Waals surface area contributed by atoms with Crippen molar-refractivity contribution >= 4 is 23.5 Å². The molecule has 1 heterocycles. The van der Waals surface area contributed by atoms with Crippen LogP contribution < -0.4 is 14.8 Å². The van der Waals surface area contributed by atoms with Gasteiger partial charge in [-0.1, -0.05) is 29.8 Å². The van der Waals surface area contributed by atoms with Gasteiger partial charge >= 0.3 is 5.97 Å². The molecular formula is C19H18ClNO5. The second-order valence-electron chi connectivity index (χ2n) is 5.79. The highest BCUT2D eigenvalue weighted by atomic mass is 35.5. The average molecular weight is 376 g/mol. The van der Waals surface area contributed by atoms with E-state index < -0.39 is 5.97 Å². The number of rotatable bonds is 6. The lowest BCUT2D eigenvalue weighted by Gasteiger charge is -2.12. The van der Waals surface area contributed by atoms with E-state index in [4.69, 9.17) is 25.8 Å². The number of hydrogen-bond donors (Lipinski definition) is 1. The van der Waals surface area contributed by atoms with Crippen molar-refractivity contribution in [2.24, 2.45) is 0 Å². The van der Waals surface area contributed by atoms with Gasteiger partial charge < -0.3 is 19.5 Å². The first-order chi connectivity index (χ1) is 12.6. The predicted octanol–water partition coefficient (Wildman–Crippen LogP) is 2.63. The zero-order valence-electron chi connectivity index (χ0n) is 14.2. The molecule has 1 N–H and O–H groups in total. The van der Waals surface area contributed by atoms with Crippen LogP contribution in [-0.2, 0) is 16.0 Å². The number of amides is 1. The molecular weight excluding hydrogens is 358 g/mol. The van der Waals surface area contributed by atoms with Crippen LogP contribution in [0.25, 0.3) is 0 Å². The second kappa shape index (κ2) is 8.10. The number of nitrogens with one attached hydrogen (secondary N) is 1. The molecule has 0 aliphatic carbocycles. The lowest BCUT2D eigenvalue weighted by Crippen LogP contribution is -2.37. The maximum Gasteiger partial charge on any atom is 0.337 e. The highest BCUT2D eigenvalue weighted by Crippen LogP contribution is 2.37. The molecule has 1 aliphatic heterocycles. The first kappa shape index (κ1) is 18.1. The van der Waals surface area contributed by atoms with Crippen LogP contribution in [0.1, 0.15) is 15.9 Å². The number of benzene rings is 2. The van der Waals surface area contributed by atoms with Crippen molar-refractivity contribution in [2.45, 2.75) is 12.5 Å². The third-order valence-electron chi connectivity index (χ3n) is 3.91. The maximum absolute atomic E-state index is 11.9. The highest BCUT2D eigenvalue weighted by molar-refractivity contribution is 6.32. The number of carbonyl (C=O) groups is 2. The summed E-state index contributed by atoms with van der Waals surface area (Å²) < 4.78 is 15.9. The van der Waals surface area contributed by atoms with E-state index in [9.17, 15) is 9.59 Å². The Hall–Kier alpha value is -2.73. The Morgan fingerprint density at radius 1 is 1.27 bits per heavy atom. The van der Waals surface area contributed by atoms with E-state index in [0.717, 1.165) is 5.56 Å². The number of fused-ring (bicyclic) bond motifs is 1. The molecule has 6 nitrogen and oxygen atoms in total. The smallest absolute Gasteiger partial charge is 0.337 e. The number of methoxy groups -OCH3 is 1. The van der Waals surface area contributed by atoms with Gasteiger partial charge in [0.25, 0.3) is 5.91 Å². The number of ether oxygens (including phenoxy) is 3. The van der Waals surface area contributed by atoms with E-state index in [0.29, 0.717) is 35.1 Å². The summed E-state index contributed by atoms with van der Waals surface area (Å²) in [6, 6.07) is 12.3. The molecule has 0 spiro atoms. The molecule has 2 aromatic rings. The molecule has 3 rings (SSSR count). The first-order valence-corrected chi connectivity index (χ1v) is 8.46. The van der Waals surface area contributed by atoms with Crippen LogP contribution in [0.2, 0.25) is 5.02 Å². The molecule has 1 amide bonds. The van der Waals surface area contributed by atoms with E-state index in [-0.39, 0.29) is 18.6 Å². The fourth-order valence-electron chi connectivity index (χ4n) is 2.68. The van der Waals surface area contributed by atoms with E-state index in [1.165, 1.54) is 13.2 Å². The summed E-state index contributed by atoms with van der Waals surface area (Å²) in [5.74, 6) is 0.479. The summed E-state index contributed by atoms with van der Waals surface area (Å²) in [7, 11) is 1.32. The number of carbonyl (C=O) groups excluding carboxylic acids is 2. The molecule has 0 aromatic heterocycles. The SMILES string of the molecule is COC(=O)c1cc(Cl)c2c(c1)CC(CNC(=O)COc1ccccc1)O2. The fraction of sp³-hybridized carbons (Fsp3) is 0.263. The van der Waals surface area contributed by atoms with Crippen molar-refractivity contribution in [3.05, 3.63) is 58.6 Å². The highest BCUT2D eigenvalue weighted by Gasteiger charge is 2.27. The van der Waals surface area contributed by atoms with Gasteiger partial charge in [0.15, 0.2) is 6.61 Å². The van der Waals surface area contributed by atoms with Gasteiger partial charge in [0.2, 0.25) is 0 Å². The Morgan fingerprint density at radius 3 is 2.77 bits per heavy atom. The third-order valence-corrected chi connectivity index (χ3v) is 4.19. The summed E-state index contributed by atoms with van der Waals surface area (Å²) in [4.78, 5) is 23.6. The van der Waals surface area contributed by atoms with E-state index in [1.807, 2.05) is 18.2 Å². The second-order valence-corrected chi connectivity index (χ2v) is 6.19. The standard InChI is InChI=1S/C19H18ClNO5/c1-24-19(23)13-7-12-8-15(26-18(12)16(20)9-13)10-21-17(22)11-25-14-5-3-2-4-6-14/h2-7,9,15H,8,10-11H2,1H3,(H,21,22). The Balaban J connectivity index is 1.51. The van der Waals surface area contributed by atoms with Crippen LogP contribution in [0.15, 0.2) is 42.5 Å². The topological polar surface area (TPSA) is 73.9 Å². The monoisotopic (exact) mass is 375 g/mol. The van der Waals surface area contributed by atoms with Gasteiger partial charge in [0.05, 0.1) is 24.2 Å². The number of para-hydroxylation sites is 1. The van der Waals surface area contributed by atoms with E-state index in [1.54, 1.807) is 18.2 Å². The summed E-state index contributed by atoms with van der Waals surface area (Å²) in [6.07, 6.45) is 0.288. The maximum atomic E-state index is 11.9. The fourth-order valence-corrected chi connectivity index (χ4v) is 2.96. The van der Waals surface area contributed by atoms with Gasteiger partial charge in [0, 0.05) is 12.0 Å². The normalized spacial score (nSPS) is 14.9. The molecule has 1 aliphatic rings. The predicted molar refractivity (Wildman–Crippen MR) is 95.9 cm³/mol. The lowest BCUT2D eigenvalue weighted by molar-refractivity contribution is -0.123. The summed E-state index contributed by atoms with van der Waals surface area (Å²) >= 11 is 6.18. The molecule has 0 saturated carbocycles. The molecule has 0 radical (unpaired) electrons. The largest absolute Gasteiger partial charge is 0.486 e. The van der Waals surface area contributed by atoms with Crippen molar-refractivity contribution in [3.63, 3.8) is 0 Å². The summed E-state index contributed by atoms with van der Waals surface area (Å²) in [5, 5.41) is 3.13. The van der Waals surface area contributed by atoms with E-state index >= 15 is 0 Å². The average Bonchev–Trinajstić information content (AvgIpc) is 3.08. The van der Waals surface area contributed by atoms with Crippen molar-refractivity contribution in [1.29, 1.82) is 0 Å². The minimum Gasteiger partial charge on any atom is -0.486 e. The molecule has 1 atom stereocenters. The molecule has 1 unspecified atom stereocenters. The molecule has 2 aromatic carbocycles. The summed E-state index contributed by atoms with van der Waals surface area (Å²) in [5.41, 5.74) is 1.19. The number of hydrogen-bond acceptors (Lipinski definition) is 5. The van der Waals surface area contributed by atoms with Crippen molar-refractivity contribution < 1.29 is 23.8 Å². The Labute approximate surface area is 156 Å². The Kier molecular flexibility index (Phi) is 5.63. The molecule has 136 valence electrons. The van der Waals surface area contributed by atoms with Crippen LogP contribution in [-0.4, -0.2) is 38.2 Å². The Bertz CT molecular complexity index is 809. The molecule has 26 heavy (non-hydrogen) atoms. The van der Waals surface area contributed by atoms with Gasteiger partial charge in [-0.2, -0.15) is 0 Å². The van der Waals surface area contributed by atoms with Gasteiger partial charge in [0.1, 0.15) is 17.6 Å². The van der Waals surface area contributed by atoms with Crippen LogP contribution in [0, 0.1) is 0 Å². The molecule has 7 heteroatoms. The van der Waals surface area contributed by atoms with Gasteiger partial charge in [-0.25, -0.2) is 4.79 Å². The zero-order chi connectivity index (χ0) is 18.5. The number of halogens is 1. The summed E-state index contributed by atoms with van der Waals surface area (Å²) in [6.45, 7) is 0.243. The van der Waals surface area contributed by atoms with Gasteiger partial charge in [-0.15, -0.1) is 0 Å². The molecule has 0 saturated heterocycles. The van der Waals surface area contributed by atoms with Crippen molar-refractivity contribution in [3.8, 4) is 11.5 Å². The first-order valence-electron chi connectivity index (χ1n) is 8.08. The number of esters is 1. The van der Waals surface area contributed by atoms with E-state index in [2.05, 4.69) is 5.32 Å². The van der Waals surface area contributed by atoms with Crippen LogP contribution in [0.4, 0.5) is 0 Å². The molecule has 0 bridgehead atoms. The van der Waals surface area contributed by atoms with Gasteiger partial charge in [-0.05, 0) is 24.3 Å². The minimum atomic E-state index is -0.454. The van der Waals surface area contributed by atoms with Crippen LogP contribution in [0.3, 0.4) is 0 Å². The zero-order valence-corrected chi connectivity index (χ0v) is 14.9. The quantitative estimate of drug-likeness (QED) is 0.786. The molecule has 0 fully saturated rings. The van der Waals surface area contributed by atoms with Crippen LogP contribution >= 0.6 is 11.6 Å². The minimum absolute atomic E-state index is 0.0725.